The molecular formula is C26H29N5O2S. The minimum absolute atomic E-state index is 0.240. The molecule has 0 saturated carbocycles. The van der Waals surface area contributed by atoms with Gasteiger partial charge in [0.05, 0.1) is 23.1 Å². The molecule has 1 aromatic heterocycles. The van der Waals surface area contributed by atoms with E-state index in [0.717, 1.165) is 39.9 Å². The summed E-state index contributed by atoms with van der Waals surface area (Å²) in [4.78, 5) is 21.9. The Bertz CT molecular complexity index is 1150. The topological polar surface area (TPSA) is 81.5 Å². The highest BCUT2D eigenvalue weighted by molar-refractivity contribution is 7.15. The van der Waals surface area contributed by atoms with Gasteiger partial charge < -0.3 is 19.9 Å². The average Bonchev–Trinajstić information content (AvgIpc) is 3.31. The van der Waals surface area contributed by atoms with E-state index < -0.39 is 5.60 Å². The van der Waals surface area contributed by atoms with Crippen molar-refractivity contribution in [2.45, 2.75) is 32.9 Å². The molecule has 0 bridgehead atoms. The average molecular weight is 476 g/mol. The van der Waals surface area contributed by atoms with E-state index in [1.165, 1.54) is 0 Å². The van der Waals surface area contributed by atoms with E-state index >= 15 is 0 Å². The van der Waals surface area contributed by atoms with Gasteiger partial charge in [-0.25, -0.2) is 9.78 Å². The molecule has 1 fully saturated rings. The summed E-state index contributed by atoms with van der Waals surface area (Å²) < 4.78 is 5.48. The lowest BCUT2D eigenvalue weighted by molar-refractivity contribution is 0.0240. The van der Waals surface area contributed by atoms with Gasteiger partial charge in [0.25, 0.3) is 0 Å². The summed E-state index contributed by atoms with van der Waals surface area (Å²) in [5.74, 6) is 0. The smallest absolute Gasteiger partial charge is 0.410 e. The zero-order valence-corrected chi connectivity index (χ0v) is 20.6. The number of nitrogens with one attached hydrogen (secondary N) is 1. The van der Waals surface area contributed by atoms with E-state index in [2.05, 4.69) is 45.5 Å². The van der Waals surface area contributed by atoms with Crippen molar-refractivity contribution < 1.29 is 9.53 Å². The fraction of sp³-hybridized carbons (Fsp3) is 0.346. The fourth-order valence-corrected chi connectivity index (χ4v) is 4.54. The van der Waals surface area contributed by atoms with E-state index in [1.54, 1.807) is 16.2 Å². The maximum atomic E-state index is 12.3. The summed E-state index contributed by atoms with van der Waals surface area (Å²) in [7, 11) is 0. The van der Waals surface area contributed by atoms with E-state index in [9.17, 15) is 4.79 Å². The van der Waals surface area contributed by atoms with E-state index in [-0.39, 0.29) is 6.09 Å². The number of ether oxygens (including phenoxy) is 1. The number of rotatable bonds is 5. The molecule has 1 saturated heterocycles. The van der Waals surface area contributed by atoms with Gasteiger partial charge in [-0.05, 0) is 62.7 Å². The van der Waals surface area contributed by atoms with Crippen LogP contribution < -0.4 is 10.2 Å². The third-order valence-corrected chi connectivity index (χ3v) is 6.51. The number of aromatic nitrogens is 1. The Morgan fingerprint density at radius 3 is 2.38 bits per heavy atom. The first-order chi connectivity index (χ1) is 16.3. The Morgan fingerprint density at radius 2 is 1.76 bits per heavy atom. The van der Waals surface area contributed by atoms with Gasteiger partial charge in [-0.1, -0.05) is 12.1 Å². The van der Waals surface area contributed by atoms with Crippen LogP contribution in [0.2, 0.25) is 0 Å². The number of carbonyl (C=O) groups is 1. The van der Waals surface area contributed by atoms with Crippen LogP contribution in [0.25, 0.3) is 10.4 Å². The Balaban J connectivity index is 1.27. The first-order valence-electron chi connectivity index (χ1n) is 11.3. The molecule has 8 heteroatoms. The molecule has 176 valence electrons. The second-order valence-corrected chi connectivity index (χ2v) is 10.3. The van der Waals surface area contributed by atoms with Gasteiger partial charge in [0.15, 0.2) is 0 Å². The highest BCUT2D eigenvalue weighted by atomic mass is 32.1. The van der Waals surface area contributed by atoms with Crippen LogP contribution in [0.4, 0.5) is 16.2 Å². The predicted molar refractivity (Wildman–Crippen MR) is 136 cm³/mol. The first-order valence-corrected chi connectivity index (χ1v) is 12.1. The number of carbonyl (C=O) groups excluding carboxylic acids is 1. The van der Waals surface area contributed by atoms with Crippen LogP contribution in [0.15, 0.2) is 54.7 Å². The maximum Gasteiger partial charge on any atom is 0.410 e. The molecule has 2 aromatic carbocycles. The maximum absolute atomic E-state index is 12.3. The number of hydrogen-bond donors (Lipinski definition) is 1. The number of piperazine rings is 1. The Labute approximate surface area is 204 Å². The van der Waals surface area contributed by atoms with Crippen molar-refractivity contribution in [3.63, 3.8) is 0 Å². The van der Waals surface area contributed by atoms with Crippen molar-refractivity contribution in [2.75, 3.05) is 36.4 Å². The molecule has 1 N–H and O–H groups in total. The van der Waals surface area contributed by atoms with Gasteiger partial charge in [0.2, 0.25) is 0 Å². The van der Waals surface area contributed by atoms with Crippen molar-refractivity contribution >= 4 is 28.8 Å². The number of nitrogens with zero attached hydrogens (tertiary/aromatic N) is 4. The molecule has 0 atom stereocenters. The van der Waals surface area contributed by atoms with E-state index in [0.29, 0.717) is 25.2 Å². The van der Waals surface area contributed by atoms with Crippen molar-refractivity contribution in [1.29, 1.82) is 5.26 Å². The summed E-state index contributed by atoms with van der Waals surface area (Å²) in [6, 6.07) is 18.1. The third-order valence-electron chi connectivity index (χ3n) is 5.46. The highest BCUT2D eigenvalue weighted by Gasteiger charge is 2.25. The SMILES string of the molecule is CC(C)(C)OC(=O)N1CCN(c2ccc(NCc3ncc(-c4ccc(C#N)cc4)s3)cc2)CC1. The molecule has 1 aliphatic rings. The van der Waals surface area contributed by atoms with Gasteiger partial charge in [-0.15, -0.1) is 11.3 Å². The molecule has 34 heavy (non-hydrogen) atoms. The summed E-state index contributed by atoms with van der Waals surface area (Å²) >= 11 is 1.64. The zero-order valence-electron chi connectivity index (χ0n) is 19.7. The van der Waals surface area contributed by atoms with Crippen LogP contribution in [-0.2, 0) is 11.3 Å². The summed E-state index contributed by atoms with van der Waals surface area (Å²) in [5.41, 5.74) is 3.43. The monoisotopic (exact) mass is 475 g/mol. The van der Waals surface area contributed by atoms with Crippen molar-refractivity contribution in [2.24, 2.45) is 0 Å². The number of nitriles is 1. The van der Waals surface area contributed by atoms with Gasteiger partial charge in [-0.2, -0.15) is 5.26 Å². The molecule has 3 aromatic rings. The standard InChI is InChI=1S/C26H29N5O2S/c1-26(2,3)33-25(32)31-14-12-30(13-15-31)22-10-8-21(9-11-22)28-18-24-29-17-23(34-24)20-6-4-19(16-27)5-7-20/h4-11,17,28H,12-15,18H2,1-3H3. The molecular weight excluding hydrogens is 446 g/mol. The lowest BCUT2D eigenvalue weighted by Crippen LogP contribution is -2.50. The highest BCUT2D eigenvalue weighted by Crippen LogP contribution is 2.27. The quantitative estimate of drug-likeness (QED) is 0.536. The molecule has 7 nitrogen and oxygen atoms in total. The first kappa shape index (κ1) is 23.6. The fourth-order valence-electron chi connectivity index (χ4n) is 3.68. The summed E-state index contributed by atoms with van der Waals surface area (Å²) in [5, 5.41) is 13.4. The molecule has 1 aliphatic heterocycles. The lowest BCUT2D eigenvalue weighted by atomic mass is 10.1. The largest absolute Gasteiger partial charge is 0.444 e. The van der Waals surface area contributed by atoms with Crippen molar-refractivity contribution in [3.05, 3.63) is 65.3 Å². The number of thiazole rings is 1. The third kappa shape index (κ3) is 6.06. The summed E-state index contributed by atoms with van der Waals surface area (Å²) in [6.07, 6.45) is 1.64. The Kier molecular flexibility index (Phi) is 7.03. The van der Waals surface area contributed by atoms with Crippen LogP contribution in [0, 0.1) is 11.3 Å². The molecule has 0 radical (unpaired) electrons. The zero-order chi connectivity index (χ0) is 24.1. The molecule has 0 unspecified atom stereocenters. The van der Waals surface area contributed by atoms with Gasteiger partial charge in [0, 0.05) is 43.8 Å². The summed E-state index contributed by atoms with van der Waals surface area (Å²) in [6.45, 7) is 9.18. The van der Waals surface area contributed by atoms with Crippen molar-refractivity contribution in [3.8, 4) is 16.5 Å². The number of amides is 1. The van der Waals surface area contributed by atoms with Crippen LogP contribution >= 0.6 is 11.3 Å². The molecule has 0 aliphatic carbocycles. The lowest BCUT2D eigenvalue weighted by Gasteiger charge is -2.36. The minimum atomic E-state index is -0.471. The second-order valence-electron chi connectivity index (χ2n) is 9.16. The van der Waals surface area contributed by atoms with Crippen LogP contribution in [0.5, 0.6) is 0 Å². The van der Waals surface area contributed by atoms with E-state index in [1.807, 2.05) is 51.2 Å². The minimum Gasteiger partial charge on any atom is -0.444 e. The molecule has 4 rings (SSSR count). The normalized spacial score (nSPS) is 13.9. The van der Waals surface area contributed by atoms with Crippen molar-refractivity contribution in [1.82, 2.24) is 9.88 Å². The van der Waals surface area contributed by atoms with Crippen LogP contribution in [0.1, 0.15) is 31.3 Å². The Hall–Kier alpha value is -3.57. The molecule has 2 heterocycles. The van der Waals surface area contributed by atoms with Gasteiger partial charge in [-0.3, -0.25) is 0 Å². The molecule has 1 amide bonds. The van der Waals surface area contributed by atoms with Crippen LogP contribution in [-0.4, -0.2) is 47.8 Å². The number of benzene rings is 2. The number of hydrogen-bond acceptors (Lipinski definition) is 7. The molecule has 0 spiro atoms. The number of anilines is 2. The Morgan fingerprint density at radius 1 is 1.09 bits per heavy atom. The van der Waals surface area contributed by atoms with E-state index in [4.69, 9.17) is 10.00 Å². The predicted octanol–water partition coefficient (Wildman–Crippen LogP) is 5.35. The van der Waals surface area contributed by atoms with Gasteiger partial charge in [0.1, 0.15) is 10.6 Å². The second kappa shape index (κ2) is 10.1. The van der Waals surface area contributed by atoms with Gasteiger partial charge >= 0.3 is 6.09 Å². The van der Waals surface area contributed by atoms with Crippen LogP contribution in [0.3, 0.4) is 0 Å².